The lowest BCUT2D eigenvalue weighted by molar-refractivity contribution is -0.0893. The minimum atomic E-state index is -0.928. The van der Waals surface area contributed by atoms with Crippen molar-refractivity contribution < 1.29 is 14.5 Å². The highest BCUT2D eigenvalue weighted by Gasteiger charge is 2.35. The van der Waals surface area contributed by atoms with E-state index in [2.05, 4.69) is 0 Å². The van der Waals surface area contributed by atoms with Gasteiger partial charge in [-0.1, -0.05) is 47.9 Å². The maximum Gasteiger partial charge on any atom is 0.330 e. The monoisotopic (exact) mass is 311 g/mol. The van der Waals surface area contributed by atoms with Gasteiger partial charge in [0.15, 0.2) is 0 Å². The van der Waals surface area contributed by atoms with Gasteiger partial charge >= 0.3 is 7.48 Å². The molecule has 2 aromatic carbocycles. The average Bonchev–Trinajstić information content (AvgIpc) is 2.52. The highest BCUT2D eigenvalue weighted by Crippen LogP contribution is 2.24. The Hall–Kier alpha value is -1.78. The summed E-state index contributed by atoms with van der Waals surface area (Å²) in [5.41, 5.74) is 0.463. The largest absolute Gasteiger partial charge is 0.489 e. The van der Waals surface area contributed by atoms with E-state index in [-0.39, 0.29) is 0 Å². The first-order valence-electron chi connectivity index (χ1n) is 7.78. The molecule has 0 aliphatic carbocycles. The molecule has 0 aromatic heterocycles. The molecule has 0 unspecified atom stereocenters. The van der Waals surface area contributed by atoms with Crippen LogP contribution in [0.15, 0.2) is 54.6 Å². The van der Waals surface area contributed by atoms with Crippen LogP contribution in [-0.2, 0) is 11.3 Å². The third-order valence-corrected chi connectivity index (χ3v) is 4.09. The smallest absolute Gasteiger partial charge is 0.330 e. The number of aliphatic hydroxyl groups is 1. The highest BCUT2D eigenvalue weighted by molar-refractivity contribution is 6.47. The van der Waals surface area contributed by atoms with Crippen molar-refractivity contribution >= 4 is 12.9 Å². The van der Waals surface area contributed by atoms with Gasteiger partial charge in [0.2, 0.25) is 0 Å². The predicted molar refractivity (Wildman–Crippen MR) is 94.1 cm³/mol. The first-order valence-corrected chi connectivity index (χ1v) is 7.78. The zero-order chi connectivity index (χ0) is 16.9. The molecule has 0 spiro atoms. The normalized spacial score (nSPS) is 12.0. The standard InChI is InChI=1S/C19H24BO3/c1-18(2,21)19(3,4)23-20-16-10-12-17(13-11-16)22-14-15-8-6-5-7-9-15/h5-13,21H,14H2,1-4H3. The van der Waals surface area contributed by atoms with Crippen LogP contribution in [0.1, 0.15) is 33.3 Å². The van der Waals surface area contributed by atoms with Gasteiger partial charge in [0.05, 0.1) is 11.2 Å². The Morgan fingerprint density at radius 3 is 2.09 bits per heavy atom. The van der Waals surface area contributed by atoms with E-state index in [4.69, 9.17) is 9.39 Å². The summed E-state index contributed by atoms with van der Waals surface area (Å²) in [6.45, 7) is 7.75. The number of rotatable bonds is 7. The summed E-state index contributed by atoms with van der Waals surface area (Å²) >= 11 is 0. The van der Waals surface area contributed by atoms with Crippen LogP contribution in [0.3, 0.4) is 0 Å². The molecule has 3 nitrogen and oxygen atoms in total. The topological polar surface area (TPSA) is 38.7 Å². The molecule has 121 valence electrons. The van der Waals surface area contributed by atoms with Crippen LogP contribution in [0, 0.1) is 0 Å². The van der Waals surface area contributed by atoms with E-state index in [1.807, 2.05) is 68.4 Å². The van der Waals surface area contributed by atoms with Crippen molar-refractivity contribution in [1.29, 1.82) is 0 Å². The molecule has 1 radical (unpaired) electrons. The fourth-order valence-corrected chi connectivity index (χ4v) is 1.74. The van der Waals surface area contributed by atoms with Crippen molar-refractivity contribution in [1.82, 2.24) is 0 Å². The molecule has 0 aliphatic heterocycles. The lowest BCUT2D eigenvalue weighted by Gasteiger charge is -2.37. The van der Waals surface area contributed by atoms with Gasteiger partial charge in [-0.15, -0.1) is 0 Å². The van der Waals surface area contributed by atoms with Crippen LogP contribution >= 0.6 is 0 Å². The van der Waals surface area contributed by atoms with Gasteiger partial charge < -0.3 is 14.5 Å². The van der Waals surface area contributed by atoms with E-state index in [9.17, 15) is 5.11 Å². The Balaban J connectivity index is 1.87. The fraction of sp³-hybridized carbons (Fsp3) is 0.368. The molecule has 0 atom stereocenters. The van der Waals surface area contributed by atoms with Crippen LogP contribution in [-0.4, -0.2) is 23.8 Å². The van der Waals surface area contributed by atoms with Gasteiger partial charge in [-0.05, 0) is 45.4 Å². The minimum Gasteiger partial charge on any atom is -0.489 e. The molecule has 0 saturated heterocycles. The summed E-state index contributed by atoms with van der Waals surface area (Å²) < 4.78 is 11.5. The van der Waals surface area contributed by atoms with Gasteiger partial charge in [-0.2, -0.15) is 0 Å². The molecule has 0 aliphatic rings. The molecule has 23 heavy (non-hydrogen) atoms. The fourth-order valence-electron chi connectivity index (χ4n) is 1.74. The number of ether oxygens (including phenoxy) is 1. The van der Waals surface area contributed by atoms with Crippen LogP contribution < -0.4 is 10.2 Å². The van der Waals surface area contributed by atoms with Crippen LogP contribution in [0.5, 0.6) is 5.75 Å². The van der Waals surface area contributed by atoms with E-state index in [1.54, 1.807) is 21.3 Å². The SMILES string of the molecule is CC(C)(O)C(C)(C)O[B]c1ccc(OCc2ccccc2)cc1. The third-order valence-electron chi connectivity index (χ3n) is 4.09. The van der Waals surface area contributed by atoms with E-state index >= 15 is 0 Å². The molecule has 2 aromatic rings. The van der Waals surface area contributed by atoms with Crippen molar-refractivity contribution in [2.75, 3.05) is 0 Å². The van der Waals surface area contributed by atoms with E-state index in [1.165, 1.54) is 0 Å². The van der Waals surface area contributed by atoms with Crippen LogP contribution in [0.25, 0.3) is 0 Å². The summed E-state index contributed by atoms with van der Waals surface area (Å²) in [5.74, 6) is 0.813. The first-order chi connectivity index (χ1) is 10.8. The van der Waals surface area contributed by atoms with Gasteiger partial charge in [-0.25, -0.2) is 0 Å². The molecule has 0 fully saturated rings. The van der Waals surface area contributed by atoms with Crippen LogP contribution in [0.4, 0.5) is 0 Å². The summed E-state index contributed by atoms with van der Waals surface area (Å²) in [4.78, 5) is 0. The lowest BCUT2D eigenvalue weighted by atomic mass is 9.82. The van der Waals surface area contributed by atoms with Crippen molar-refractivity contribution in [2.24, 2.45) is 0 Å². The Labute approximate surface area is 139 Å². The Morgan fingerprint density at radius 2 is 1.52 bits per heavy atom. The summed E-state index contributed by atoms with van der Waals surface area (Å²) in [6.07, 6.45) is 0. The third kappa shape index (κ3) is 5.12. The predicted octanol–water partition coefficient (Wildman–Crippen LogP) is 3.08. The highest BCUT2D eigenvalue weighted by atomic mass is 16.5. The van der Waals surface area contributed by atoms with Crippen molar-refractivity contribution in [3.63, 3.8) is 0 Å². The molecule has 2 rings (SSSR count). The minimum absolute atomic E-state index is 0.548. The summed E-state index contributed by atoms with van der Waals surface area (Å²) in [6, 6.07) is 17.7. The second-order valence-electron chi connectivity index (χ2n) is 6.65. The molecule has 0 heterocycles. The maximum atomic E-state index is 10.1. The van der Waals surface area contributed by atoms with E-state index in [0.717, 1.165) is 16.8 Å². The average molecular weight is 311 g/mol. The van der Waals surface area contributed by atoms with Gasteiger partial charge in [-0.3, -0.25) is 0 Å². The summed E-state index contributed by atoms with van der Waals surface area (Å²) in [5, 5.41) is 10.1. The number of hydrogen-bond donors (Lipinski definition) is 1. The maximum absolute atomic E-state index is 10.1. The van der Waals surface area contributed by atoms with Gasteiger partial charge in [0, 0.05) is 0 Å². The zero-order valence-corrected chi connectivity index (χ0v) is 14.2. The second-order valence-corrected chi connectivity index (χ2v) is 6.65. The van der Waals surface area contributed by atoms with Gasteiger partial charge in [0.25, 0.3) is 0 Å². The van der Waals surface area contributed by atoms with E-state index in [0.29, 0.717) is 6.61 Å². The molecular formula is C19H24BO3. The molecule has 1 N–H and O–H groups in total. The molecule has 4 heteroatoms. The van der Waals surface area contributed by atoms with Gasteiger partial charge in [0.1, 0.15) is 12.4 Å². The lowest BCUT2D eigenvalue weighted by Crippen LogP contribution is -2.49. The van der Waals surface area contributed by atoms with E-state index < -0.39 is 11.2 Å². The Morgan fingerprint density at radius 1 is 0.913 bits per heavy atom. The molecule has 0 amide bonds. The summed E-state index contributed by atoms with van der Waals surface area (Å²) in [7, 11) is 1.67. The Bertz CT molecular complexity index is 601. The van der Waals surface area contributed by atoms with Crippen molar-refractivity contribution in [2.45, 2.75) is 45.5 Å². The molecule has 0 bridgehead atoms. The van der Waals surface area contributed by atoms with Crippen LogP contribution in [0.2, 0.25) is 0 Å². The Kier molecular flexibility index (Phi) is 5.50. The second kappa shape index (κ2) is 7.20. The van der Waals surface area contributed by atoms with Crippen molar-refractivity contribution in [3.05, 3.63) is 60.2 Å². The first kappa shape index (κ1) is 17.6. The van der Waals surface area contributed by atoms with Crippen molar-refractivity contribution in [3.8, 4) is 5.75 Å². The molecule has 0 saturated carbocycles. The number of benzene rings is 2. The zero-order valence-electron chi connectivity index (χ0n) is 14.2. The number of hydrogen-bond acceptors (Lipinski definition) is 3. The molecular weight excluding hydrogens is 287 g/mol. The quantitative estimate of drug-likeness (QED) is 0.799.